The Morgan fingerprint density at radius 3 is 2.06 bits per heavy atom. The van der Waals surface area contributed by atoms with Gasteiger partial charge in [0.25, 0.3) is 0 Å². The number of fused-ring (bicyclic) bond motifs is 1. The van der Waals surface area contributed by atoms with Gasteiger partial charge in [-0.2, -0.15) is 0 Å². The summed E-state index contributed by atoms with van der Waals surface area (Å²) in [5.74, 6) is 3.84. The van der Waals surface area contributed by atoms with Crippen molar-refractivity contribution in [2.75, 3.05) is 13.2 Å². The Labute approximate surface area is 207 Å². The number of rotatable bonds is 5. The van der Waals surface area contributed by atoms with Crippen molar-refractivity contribution < 1.29 is 18.7 Å². The quantitative estimate of drug-likeness (QED) is 0.328. The van der Waals surface area contributed by atoms with Crippen LogP contribution in [0.15, 0.2) is 12.2 Å². The third kappa shape index (κ3) is 3.92. The molecule has 0 aromatic rings. The van der Waals surface area contributed by atoms with Crippen molar-refractivity contribution in [1.82, 2.24) is 0 Å². The zero-order chi connectivity index (χ0) is 23.9. The molecule has 4 atom stereocenters. The summed E-state index contributed by atoms with van der Waals surface area (Å²) in [5.41, 5.74) is -0.0480. The van der Waals surface area contributed by atoms with Crippen LogP contribution in [0.4, 0.5) is 0 Å². The van der Waals surface area contributed by atoms with E-state index in [-0.39, 0.29) is 22.3 Å². The van der Waals surface area contributed by atoms with Crippen molar-refractivity contribution in [2.45, 2.75) is 109 Å². The van der Waals surface area contributed by atoms with Crippen LogP contribution >= 0.6 is 0 Å². The second-order valence-electron chi connectivity index (χ2n) is 14.6. The summed E-state index contributed by atoms with van der Waals surface area (Å²) in [6.45, 7) is 13.1. The van der Waals surface area contributed by atoms with E-state index < -0.39 is 8.32 Å². The van der Waals surface area contributed by atoms with E-state index in [0.717, 1.165) is 56.3 Å². The van der Waals surface area contributed by atoms with Gasteiger partial charge in [-0.25, -0.2) is 0 Å². The predicted octanol–water partition coefficient (Wildman–Crippen LogP) is 6.51. The summed E-state index contributed by atoms with van der Waals surface area (Å²) < 4.78 is 19.3. The maximum atomic E-state index is 13.8. The topological polar surface area (TPSA) is 44.8 Å². The van der Waals surface area contributed by atoms with Gasteiger partial charge in [-0.3, -0.25) is 4.79 Å². The highest BCUT2D eigenvalue weighted by Crippen LogP contribution is 2.61. The van der Waals surface area contributed by atoms with Crippen LogP contribution in [0.1, 0.15) is 78.6 Å². The molecule has 190 valence electrons. The largest absolute Gasteiger partial charge is 0.413 e. The van der Waals surface area contributed by atoms with Gasteiger partial charge in [-0.1, -0.05) is 26.8 Å². The van der Waals surface area contributed by atoms with Crippen molar-refractivity contribution in [3.63, 3.8) is 0 Å². The smallest absolute Gasteiger partial charge is 0.192 e. The highest BCUT2D eigenvalue weighted by Gasteiger charge is 2.58. The number of hydrogen-bond acceptors (Lipinski definition) is 4. The molecule has 7 rings (SSSR count). The minimum Gasteiger partial charge on any atom is -0.413 e. The standard InChI is InChI=1S/C29H46O4Si/c1-27(2,3)34(4,5)33-25-13-22-17-29(31-8-9-32-29)18-24(22)23(25)6-7-26(30)28-14-19-10-20(15-28)12-21(11-19)16-28/h6-7,19-25H,8-18H2,1-5H3/b7-6+/t19?,20?,21?,22-,23+,24+,25+,28?/m0/s1. The molecule has 0 N–H and O–H groups in total. The van der Waals surface area contributed by atoms with Gasteiger partial charge >= 0.3 is 0 Å². The molecular formula is C29H46O4Si. The first-order chi connectivity index (χ1) is 16.0. The summed E-state index contributed by atoms with van der Waals surface area (Å²) >= 11 is 0. The minimum absolute atomic E-state index is 0.0480. The van der Waals surface area contributed by atoms with Crippen LogP contribution in [0.5, 0.6) is 0 Å². The van der Waals surface area contributed by atoms with E-state index in [2.05, 4.69) is 39.9 Å². The van der Waals surface area contributed by atoms with Crippen molar-refractivity contribution in [1.29, 1.82) is 0 Å². The maximum absolute atomic E-state index is 13.8. The molecule has 1 spiro atoms. The van der Waals surface area contributed by atoms with Gasteiger partial charge in [0.2, 0.25) is 0 Å². The average molecular weight is 487 g/mol. The Hall–Kier alpha value is -0.493. The number of carbonyl (C=O) groups excluding carboxylic acids is 1. The first kappa shape index (κ1) is 23.9. The lowest BCUT2D eigenvalue weighted by Gasteiger charge is -2.55. The second kappa shape index (κ2) is 8.00. The molecule has 6 aliphatic carbocycles. The summed E-state index contributed by atoms with van der Waals surface area (Å²) in [5, 5.41) is 0.187. The van der Waals surface area contributed by atoms with Crippen LogP contribution in [0, 0.1) is 40.9 Å². The zero-order valence-corrected chi connectivity index (χ0v) is 23.1. The molecule has 0 unspecified atom stereocenters. The third-order valence-corrected chi connectivity index (χ3v) is 15.8. The van der Waals surface area contributed by atoms with Crippen molar-refractivity contribution in [2.24, 2.45) is 40.9 Å². The highest BCUT2D eigenvalue weighted by atomic mass is 28.4. The lowest BCUT2D eigenvalue weighted by Crippen LogP contribution is -2.49. The fourth-order valence-electron chi connectivity index (χ4n) is 9.07. The molecule has 1 heterocycles. The van der Waals surface area contributed by atoms with Crippen LogP contribution in [0.3, 0.4) is 0 Å². The van der Waals surface area contributed by atoms with E-state index in [0.29, 0.717) is 36.8 Å². The Morgan fingerprint density at radius 2 is 1.50 bits per heavy atom. The van der Waals surface area contributed by atoms with Gasteiger partial charge in [0, 0.05) is 24.2 Å². The predicted molar refractivity (Wildman–Crippen MR) is 136 cm³/mol. The molecule has 0 aromatic heterocycles. The Bertz CT molecular complexity index is 813. The van der Waals surface area contributed by atoms with Gasteiger partial charge in [0.05, 0.1) is 19.3 Å². The van der Waals surface area contributed by atoms with Gasteiger partial charge in [-0.05, 0) is 98.7 Å². The van der Waals surface area contributed by atoms with E-state index in [1.807, 2.05) is 6.08 Å². The van der Waals surface area contributed by atoms with E-state index in [1.54, 1.807) is 0 Å². The van der Waals surface area contributed by atoms with E-state index in [4.69, 9.17) is 13.9 Å². The monoisotopic (exact) mass is 486 g/mol. The SMILES string of the molecule is CC(C)(C)[Si](C)(C)O[C@@H]1C[C@H]2CC3(C[C@H]2[C@H]1/C=C/C(=O)C12CC4CC(CC(C4)C1)C2)OCCO3. The van der Waals surface area contributed by atoms with E-state index >= 15 is 0 Å². The number of ketones is 1. The van der Waals surface area contributed by atoms with Crippen LogP contribution in [-0.2, 0) is 18.7 Å². The minimum atomic E-state index is -1.89. The number of ether oxygens (including phenoxy) is 2. The molecule has 7 fully saturated rings. The van der Waals surface area contributed by atoms with Crippen molar-refractivity contribution in [3.8, 4) is 0 Å². The molecule has 5 heteroatoms. The molecule has 4 nitrogen and oxygen atoms in total. The molecule has 34 heavy (non-hydrogen) atoms. The van der Waals surface area contributed by atoms with Crippen molar-refractivity contribution in [3.05, 3.63) is 12.2 Å². The first-order valence-electron chi connectivity index (χ1n) is 14.2. The van der Waals surface area contributed by atoms with Crippen LogP contribution in [0.2, 0.25) is 18.1 Å². The van der Waals surface area contributed by atoms with Crippen molar-refractivity contribution >= 4 is 14.1 Å². The Balaban J connectivity index is 1.23. The fourth-order valence-corrected chi connectivity index (χ4v) is 10.4. The molecule has 7 aliphatic rings. The van der Waals surface area contributed by atoms with Crippen LogP contribution in [-0.4, -0.2) is 39.2 Å². The Kier molecular flexibility index (Phi) is 5.62. The molecule has 1 saturated heterocycles. The molecule has 6 saturated carbocycles. The van der Waals surface area contributed by atoms with Crippen LogP contribution < -0.4 is 0 Å². The van der Waals surface area contributed by atoms with E-state index in [1.165, 1.54) is 19.3 Å². The first-order valence-corrected chi connectivity index (χ1v) is 17.1. The Morgan fingerprint density at radius 1 is 0.912 bits per heavy atom. The number of carbonyl (C=O) groups is 1. The van der Waals surface area contributed by atoms with Crippen LogP contribution in [0.25, 0.3) is 0 Å². The van der Waals surface area contributed by atoms with Gasteiger partial charge < -0.3 is 13.9 Å². The summed E-state index contributed by atoms with van der Waals surface area (Å²) in [4.78, 5) is 13.8. The van der Waals surface area contributed by atoms with E-state index in [9.17, 15) is 4.79 Å². The summed E-state index contributed by atoms with van der Waals surface area (Å²) in [6.07, 6.45) is 15.2. The maximum Gasteiger partial charge on any atom is 0.192 e. The van der Waals surface area contributed by atoms with Gasteiger partial charge in [-0.15, -0.1) is 0 Å². The molecule has 0 radical (unpaired) electrons. The number of allylic oxidation sites excluding steroid dienone is 1. The third-order valence-electron chi connectivity index (χ3n) is 11.3. The average Bonchev–Trinajstić information content (AvgIpc) is 3.40. The lowest BCUT2D eigenvalue weighted by atomic mass is 9.48. The number of hydrogen-bond donors (Lipinski definition) is 0. The lowest BCUT2D eigenvalue weighted by molar-refractivity contribution is -0.157. The second-order valence-corrected chi connectivity index (χ2v) is 19.3. The fraction of sp³-hybridized carbons (Fsp3) is 0.897. The van der Waals surface area contributed by atoms with Gasteiger partial charge in [0.15, 0.2) is 19.9 Å². The zero-order valence-electron chi connectivity index (χ0n) is 22.1. The molecule has 4 bridgehead atoms. The molecule has 1 aliphatic heterocycles. The highest BCUT2D eigenvalue weighted by molar-refractivity contribution is 6.74. The molecular weight excluding hydrogens is 440 g/mol. The summed E-state index contributed by atoms with van der Waals surface area (Å²) in [7, 11) is -1.89. The van der Waals surface area contributed by atoms with Gasteiger partial charge in [0.1, 0.15) is 0 Å². The normalized spacial score (nSPS) is 45.0. The molecule has 0 amide bonds. The molecule has 0 aromatic carbocycles. The summed E-state index contributed by atoms with van der Waals surface area (Å²) in [6, 6.07) is 0.